The maximum Gasteiger partial charge on any atom is 0.392 e. The lowest BCUT2D eigenvalue weighted by Crippen LogP contribution is -2.41. The molecule has 0 saturated carbocycles. The van der Waals surface area contributed by atoms with Gasteiger partial charge in [-0.25, -0.2) is 4.79 Å². The second-order valence-electron chi connectivity index (χ2n) is 7.38. The third kappa shape index (κ3) is 12.8. The van der Waals surface area contributed by atoms with Gasteiger partial charge in [-0.1, -0.05) is 103 Å². The van der Waals surface area contributed by atoms with Gasteiger partial charge < -0.3 is 0 Å². The van der Waals surface area contributed by atoms with Crippen LogP contribution in [0.3, 0.4) is 0 Å². The van der Waals surface area contributed by atoms with E-state index in [9.17, 15) is 4.79 Å². The highest BCUT2D eigenvalue weighted by Gasteiger charge is 2.11. The minimum absolute atomic E-state index is 0.218. The van der Waals surface area contributed by atoms with Gasteiger partial charge >= 0.3 is 5.91 Å². The van der Waals surface area contributed by atoms with Gasteiger partial charge in [0.1, 0.15) is 0 Å². The van der Waals surface area contributed by atoms with Gasteiger partial charge in [0.25, 0.3) is 0 Å². The van der Waals surface area contributed by atoms with Gasteiger partial charge in [0.05, 0.1) is 6.42 Å². The molecule has 0 fully saturated rings. The van der Waals surface area contributed by atoms with Crippen LogP contribution in [0.25, 0.3) is 0 Å². The van der Waals surface area contributed by atoms with Crippen molar-refractivity contribution in [2.24, 2.45) is 0 Å². The number of rotatable bonds is 16. The van der Waals surface area contributed by atoms with Gasteiger partial charge in [0.2, 0.25) is 0 Å². The summed E-state index contributed by atoms with van der Waals surface area (Å²) in [5, 5.41) is 0. The van der Waals surface area contributed by atoms with E-state index in [1.807, 2.05) is 30.6 Å². The van der Waals surface area contributed by atoms with Crippen molar-refractivity contribution in [3.63, 3.8) is 0 Å². The second-order valence-corrected chi connectivity index (χ2v) is 7.38. The van der Waals surface area contributed by atoms with Crippen molar-refractivity contribution < 1.29 is 9.36 Å². The van der Waals surface area contributed by atoms with Gasteiger partial charge in [-0.15, -0.1) is 4.57 Å². The summed E-state index contributed by atoms with van der Waals surface area (Å²) >= 11 is 0. The molecule has 0 amide bonds. The molecule has 2 heteroatoms. The van der Waals surface area contributed by atoms with E-state index in [-0.39, 0.29) is 5.91 Å². The normalized spacial score (nSPS) is 10.9. The van der Waals surface area contributed by atoms with Crippen molar-refractivity contribution in [1.29, 1.82) is 0 Å². The molecule has 1 aromatic rings. The summed E-state index contributed by atoms with van der Waals surface area (Å²) in [6.45, 7) is 2.28. The summed E-state index contributed by atoms with van der Waals surface area (Å²) < 4.78 is 1.70. The molecule has 0 bridgehead atoms. The number of unbranched alkanes of at least 4 members (excludes halogenated alkanes) is 14. The molecule has 0 unspecified atom stereocenters. The Morgan fingerprint density at radius 3 is 1.44 bits per heavy atom. The van der Waals surface area contributed by atoms with Crippen LogP contribution in [0.4, 0.5) is 0 Å². The highest BCUT2D eigenvalue weighted by atomic mass is 16.1. The number of pyridine rings is 1. The summed E-state index contributed by atoms with van der Waals surface area (Å²) in [5.41, 5.74) is 0. The molecule has 0 aliphatic rings. The van der Waals surface area contributed by atoms with Crippen molar-refractivity contribution >= 4 is 5.91 Å². The third-order valence-corrected chi connectivity index (χ3v) is 5.00. The Labute approximate surface area is 156 Å². The lowest BCUT2D eigenvalue weighted by molar-refractivity contribution is -0.574. The van der Waals surface area contributed by atoms with E-state index in [0.29, 0.717) is 6.42 Å². The summed E-state index contributed by atoms with van der Waals surface area (Å²) in [4.78, 5) is 11.9. The standard InChI is InChI=1S/C23H40NO/c1-2-3-4-5-6-7-8-9-10-11-12-13-14-15-17-20-23(25)24-21-18-16-19-22-24/h16,18-19,21-22H,2-15,17,20H2,1H3/q+1. The predicted octanol–water partition coefficient (Wildman–Crippen LogP) is 6.88. The lowest BCUT2D eigenvalue weighted by Gasteiger charge is -2.03. The van der Waals surface area contributed by atoms with Gasteiger partial charge in [-0.2, -0.15) is 0 Å². The van der Waals surface area contributed by atoms with Gasteiger partial charge in [0.15, 0.2) is 12.4 Å². The Kier molecular flexibility index (Phi) is 14.3. The molecule has 0 aliphatic heterocycles. The molecular weight excluding hydrogens is 306 g/mol. The molecule has 0 aliphatic carbocycles. The summed E-state index contributed by atoms with van der Waals surface area (Å²) in [6, 6.07) is 5.76. The first-order valence-electron chi connectivity index (χ1n) is 10.8. The van der Waals surface area contributed by atoms with E-state index in [1.165, 1.54) is 89.9 Å². The maximum atomic E-state index is 11.9. The highest BCUT2D eigenvalue weighted by Crippen LogP contribution is 2.13. The molecule has 1 rings (SSSR count). The zero-order valence-corrected chi connectivity index (χ0v) is 16.6. The molecule has 2 nitrogen and oxygen atoms in total. The highest BCUT2D eigenvalue weighted by molar-refractivity contribution is 5.66. The smallest absolute Gasteiger partial charge is 0.219 e. The molecule has 0 radical (unpaired) electrons. The molecule has 25 heavy (non-hydrogen) atoms. The fourth-order valence-corrected chi connectivity index (χ4v) is 3.34. The Balaban J connectivity index is 1.78. The van der Waals surface area contributed by atoms with Gasteiger partial charge in [-0.3, -0.25) is 0 Å². The van der Waals surface area contributed by atoms with Gasteiger partial charge in [-0.05, 0) is 6.42 Å². The molecule has 0 aromatic carbocycles. The number of aromatic nitrogens is 1. The minimum Gasteiger partial charge on any atom is -0.219 e. The molecule has 142 valence electrons. The van der Waals surface area contributed by atoms with Crippen LogP contribution in [-0.2, 0) is 0 Å². The first kappa shape index (κ1) is 21.9. The van der Waals surface area contributed by atoms with Crippen LogP contribution in [0.15, 0.2) is 30.6 Å². The zero-order valence-electron chi connectivity index (χ0n) is 16.6. The average Bonchev–Trinajstić information content (AvgIpc) is 2.65. The monoisotopic (exact) mass is 346 g/mol. The van der Waals surface area contributed by atoms with E-state index in [2.05, 4.69) is 6.92 Å². The molecule has 1 heterocycles. The van der Waals surface area contributed by atoms with Crippen molar-refractivity contribution in [3.05, 3.63) is 30.6 Å². The first-order valence-corrected chi connectivity index (χ1v) is 10.8. The number of hydrogen-bond acceptors (Lipinski definition) is 1. The topological polar surface area (TPSA) is 20.9 Å². The molecule has 0 saturated heterocycles. The fraction of sp³-hybridized carbons (Fsp3) is 0.739. The van der Waals surface area contributed by atoms with Crippen molar-refractivity contribution in [1.82, 2.24) is 0 Å². The van der Waals surface area contributed by atoms with Crippen LogP contribution in [0.1, 0.15) is 114 Å². The van der Waals surface area contributed by atoms with Crippen LogP contribution >= 0.6 is 0 Å². The van der Waals surface area contributed by atoms with Crippen LogP contribution < -0.4 is 4.57 Å². The lowest BCUT2D eigenvalue weighted by atomic mass is 10.0. The van der Waals surface area contributed by atoms with Gasteiger partial charge in [0, 0.05) is 12.1 Å². The Morgan fingerprint density at radius 2 is 1.00 bits per heavy atom. The van der Waals surface area contributed by atoms with Crippen molar-refractivity contribution in [2.45, 2.75) is 110 Å². The summed E-state index contributed by atoms with van der Waals surface area (Å²) in [7, 11) is 0. The quantitative estimate of drug-likeness (QED) is 0.236. The van der Waals surface area contributed by atoms with E-state index in [1.54, 1.807) is 4.57 Å². The maximum absolute atomic E-state index is 11.9. The number of hydrogen-bond donors (Lipinski definition) is 0. The Bertz CT molecular complexity index is 415. The Morgan fingerprint density at radius 1 is 0.600 bits per heavy atom. The number of carbonyl (C=O) groups excluding carboxylic acids is 1. The second kappa shape index (κ2) is 16.3. The minimum atomic E-state index is 0.218. The van der Waals surface area contributed by atoms with Crippen LogP contribution in [0, 0.1) is 0 Å². The van der Waals surface area contributed by atoms with E-state index < -0.39 is 0 Å². The van der Waals surface area contributed by atoms with Crippen molar-refractivity contribution in [2.75, 3.05) is 0 Å². The predicted molar refractivity (Wildman–Crippen MR) is 107 cm³/mol. The van der Waals surface area contributed by atoms with Crippen LogP contribution in [0.5, 0.6) is 0 Å². The van der Waals surface area contributed by atoms with Crippen LogP contribution in [-0.4, -0.2) is 5.91 Å². The molecule has 0 atom stereocenters. The third-order valence-electron chi connectivity index (χ3n) is 5.00. The molecular formula is C23H40NO+. The summed E-state index contributed by atoms with van der Waals surface area (Å²) in [6.07, 6.45) is 24.8. The van der Waals surface area contributed by atoms with E-state index >= 15 is 0 Å². The first-order chi connectivity index (χ1) is 12.3. The fourth-order valence-electron chi connectivity index (χ4n) is 3.34. The van der Waals surface area contributed by atoms with Crippen molar-refractivity contribution in [3.8, 4) is 0 Å². The zero-order chi connectivity index (χ0) is 18.0. The SMILES string of the molecule is CCCCCCCCCCCCCCCCCC(=O)[n+]1ccccc1. The number of carbonyl (C=O) groups is 1. The van der Waals surface area contributed by atoms with Crippen LogP contribution in [0.2, 0.25) is 0 Å². The summed E-state index contributed by atoms with van der Waals surface area (Å²) in [5.74, 6) is 0.218. The number of nitrogens with zero attached hydrogens (tertiary/aromatic N) is 1. The van der Waals surface area contributed by atoms with E-state index in [4.69, 9.17) is 0 Å². The Hall–Kier alpha value is -1.18. The molecule has 0 N–H and O–H groups in total. The molecule has 0 spiro atoms. The average molecular weight is 347 g/mol. The largest absolute Gasteiger partial charge is 0.392 e. The van der Waals surface area contributed by atoms with E-state index in [0.717, 1.165) is 6.42 Å². The molecule has 1 aromatic heterocycles.